The molecule has 18 heavy (non-hydrogen) atoms. The smallest absolute Gasteiger partial charge is 0.128 e. The van der Waals surface area contributed by atoms with Crippen LogP contribution in [0.1, 0.15) is 37.9 Å². The van der Waals surface area contributed by atoms with Gasteiger partial charge in [0.15, 0.2) is 0 Å². The lowest BCUT2D eigenvalue weighted by Gasteiger charge is -2.28. The van der Waals surface area contributed by atoms with E-state index in [9.17, 15) is 5.11 Å². The van der Waals surface area contributed by atoms with Crippen LogP contribution in [0.2, 0.25) is 0 Å². The van der Waals surface area contributed by atoms with Crippen LogP contribution in [0.4, 0.5) is 5.82 Å². The summed E-state index contributed by atoms with van der Waals surface area (Å²) in [5, 5.41) is 9.58. The first kappa shape index (κ1) is 13.3. The predicted molar refractivity (Wildman–Crippen MR) is 71.7 cm³/mol. The number of rotatable bonds is 4. The van der Waals surface area contributed by atoms with Crippen LogP contribution in [0.15, 0.2) is 18.3 Å². The van der Waals surface area contributed by atoms with Gasteiger partial charge in [-0.3, -0.25) is 0 Å². The van der Waals surface area contributed by atoms with E-state index in [2.05, 4.69) is 9.88 Å². The lowest BCUT2D eigenvalue weighted by molar-refractivity contribution is 0.0215. The molecule has 2 unspecified atom stereocenters. The van der Waals surface area contributed by atoms with Crippen LogP contribution in [0.25, 0.3) is 0 Å². The van der Waals surface area contributed by atoms with Crippen molar-refractivity contribution in [2.24, 2.45) is 0 Å². The molecule has 0 saturated carbocycles. The number of aliphatic hydroxyl groups is 1. The Morgan fingerprint density at radius 1 is 1.56 bits per heavy atom. The van der Waals surface area contributed by atoms with Gasteiger partial charge in [0, 0.05) is 26.4 Å². The van der Waals surface area contributed by atoms with Gasteiger partial charge in [-0.1, -0.05) is 0 Å². The molecule has 1 aliphatic rings. The second kappa shape index (κ2) is 6.16. The Labute approximate surface area is 109 Å². The fraction of sp³-hybridized carbons (Fsp3) is 0.643. The van der Waals surface area contributed by atoms with E-state index in [1.165, 1.54) is 12.8 Å². The number of likely N-dealkylation sites (N-methyl/N-ethyl adjacent to an activating group) is 1. The first-order chi connectivity index (χ1) is 8.66. The van der Waals surface area contributed by atoms with Gasteiger partial charge in [0.2, 0.25) is 0 Å². The largest absolute Gasteiger partial charge is 0.389 e. The van der Waals surface area contributed by atoms with Gasteiger partial charge >= 0.3 is 0 Å². The van der Waals surface area contributed by atoms with E-state index in [0.717, 1.165) is 31.0 Å². The lowest BCUT2D eigenvalue weighted by Crippen LogP contribution is -2.33. The molecule has 100 valence electrons. The van der Waals surface area contributed by atoms with Crippen LogP contribution in [0.5, 0.6) is 0 Å². The van der Waals surface area contributed by atoms with E-state index >= 15 is 0 Å². The maximum Gasteiger partial charge on any atom is 0.128 e. The van der Waals surface area contributed by atoms with E-state index < -0.39 is 6.10 Å². The van der Waals surface area contributed by atoms with Crippen molar-refractivity contribution in [3.63, 3.8) is 0 Å². The Hall–Kier alpha value is -1.13. The van der Waals surface area contributed by atoms with Crippen LogP contribution in [-0.4, -0.2) is 36.4 Å². The maximum atomic E-state index is 9.58. The minimum Gasteiger partial charge on any atom is -0.389 e. The number of nitrogens with zero attached hydrogens (tertiary/aromatic N) is 2. The molecule has 4 nitrogen and oxygen atoms in total. The Morgan fingerprint density at radius 3 is 3.06 bits per heavy atom. The normalized spacial score (nSPS) is 21.6. The van der Waals surface area contributed by atoms with E-state index in [1.807, 2.05) is 19.2 Å². The summed E-state index contributed by atoms with van der Waals surface area (Å²) in [5.74, 6) is 0.891. The average Bonchev–Trinajstić information content (AvgIpc) is 2.40. The number of aliphatic hydroxyl groups excluding tert-OH is 1. The van der Waals surface area contributed by atoms with Crippen LogP contribution in [0.3, 0.4) is 0 Å². The van der Waals surface area contributed by atoms with Crippen molar-refractivity contribution < 1.29 is 9.84 Å². The Bertz CT molecular complexity index is 376. The molecule has 1 fully saturated rings. The Kier molecular flexibility index (Phi) is 4.55. The fourth-order valence-corrected chi connectivity index (χ4v) is 2.25. The zero-order valence-corrected chi connectivity index (χ0v) is 11.2. The molecular weight excluding hydrogens is 228 g/mol. The van der Waals surface area contributed by atoms with Gasteiger partial charge in [-0.2, -0.15) is 0 Å². The van der Waals surface area contributed by atoms with Crippen molar-refractivity contribution in [1.82, 2.24) is 4.98 Å². The monoisotopic (exact) mass is 250 g/mol. The van der Waals surface area contributed by atoms with Crippen LogP contribution < -0.4 is 4.90 Å². The van der Waals surface area contributed by atoms with Crippen molar-refractivity contribution >= 4 is 5.82 Å². The van der Waals surface area contributed by atoms with Crippen LogP contribution in [0, 0.1) is 0 Å². The summed E-state index contributed by atoms with van der Waals surface area (Å²) in [4.78, 5) is 6.45. The van der Waals surface area contributed by atoms with Crippen molar-refractivity contribution in [3.8, 4) is 0 Å². The molecule has 4 heteroatoms. The number of pyridine rings is 1. The van der Waals surface area contributed by atoms with E-state index in [0.29, 0.717) is 6.10 Å². The molecule has 2 atom stereocenters. The fourth-order valence-electron chi connectivity index (χ4n) is 2.25. The van der Waals surface area contributed by atoms with Crippen LogP contribution >= 0.6 is 0 Å². The number of ether oxygens (including phenoxy) is 1. The lowest BCUT2D eigenvalue weighted by atomic mass is 10.1. The third kappa shape index (κ3) is 3.43. The SMILES string of the molecule is CC(O)c1ccnc(N(C)CC2CCCCO2)c1. The molecule has 0 bridgehead atoms. The summed E-state index contributed by atoms with van der Waals surface area (Å²) < 4.78 is 5.73. The molecule has 2 heterocycles. The first-order valence-corrected chi connectivity index (χ1v) is 6.63. The molecule has 0 radical (unpaired) electrons. The third-order valence-electron chi connectivity index (χ3n) is 3.39. The van der Waals surface area contributed by atoms with Crippen molar-refractivity contribution in [1.29, 1.82) is 0 Å². The second-order valence-electron chi connectivity index (χ2n) is 4.99. The summed E-state index contributed by atoms with van der Waals surface area (Å²) in [5.41, 5.74) is 0.899. The Morgan fingerprint density at radius 2 is 2.39 bits per heavy atom. The van der Waals surface area contributed by atoms with Gasteiger partial charge in [-0.25, -0.2) is 4.98 Å². The zero-order valence-electron chi connectivity index (χ0n) is 11.2. The van der Waals surface area contributed by atoms with Crippen molar-refractivity contribution in [3.05, 3.63) is 23.9 Å². The highest BCUT2D eigenvalue weighted by Crippen LogP contribution is 2.19. The summed E-state index contributed by atoms with van der Waals surface area (Å²) in [6, 6.07) is 3.78. The predicted octanol–water partition coefficient (Wildman–Crippen LogP) is 2.14. The summed E-state index contributed by atoms with van der Waals surface area (Å²) in [7, 11) is 2.02. The molecule has 0 amide bonds. The topological polar surface area (TPSA) is 45.6 Å². The van der Waals surface area contributed by atoms with Gasteiger partial charge in [0.05, 0.1) is 12.2 Å². The van der Waals surface area contributed by atoms with Crippen LogP contribution in [-0.2, 0) is 4.74 Å². The minimum absolute atomic E-state index is 0.306. The highest BCUT2D eigenvalue weighted by Gasteiger charge is 2.17. The minimum atomic E-state index is -0.453. The summed E-state index contributed by atoms with van der Waals surface area (Å²) >= 11 is 0. The van der Waals surface area contributed by atoms with Crippen molar-refractivity contribution in [2.45, 2.75) is 38.4 Å². The maximum absolute atomic E-state index is 9.58. The quantitative estimate of drug-likeness (QED) is 0.889. The van der Waals surface area contributed by atoms with Gasteiger partial charge in [-0.15, -0.1) is 0 Å². The molecule has 0 aromatic carbocycles. The summed E-state index contributed by atoms with van der Waals surface area (Å²) in [6.07, 6.45) is 5.15. The molecule has 1 saturated heterocycles. The van der Waals surface area contributed by atoms with Gasteiger partial charge in [0.1, 0.15) is 5.82 Å². The molecule has 1 aromatic rings. The highest BCUT2D eigenvalue weighted by atomic mass is 16.5. The first-order valence-electron chi connectivity index (χ1n) is 6.63. The summed E-state index contributed by atoms with van der Waals surface area (Å²) in [6.45, 7) is 3.50. The molecule has 1 aliphatic heterocycles. The molecule has 0 aliphatic carbocycles. The average molecular weight is 250 g/mol. The standard InChI is InChI=1S/C14H22N2O2/c1-11(17)12-6-7-15-14(9-12)16(2)10-13-5-3-4-8-18-13/h6-7,9,11,13,17H,3-5,8,10H2,1-2H3. The van der Waals surface area contributed by atoms with Gasteiger partial charge < -0.3 is 14.7 Å². The highest BCUT2D eigenvalue weighted by molar-refractivity contribution is 5.40. The van der Waals surface area contributed by atoms with Gasteiger partial charge in [0.25, 0.3) is 0 Å². The van der Waals surface area contributed by atoms with E-state index in [4.69, 9.17) is 4.74 Å². The zero-order chi connectivity index (χ0) is 13.0. The number of hydrogen-bond donors (Lipinski definition) is 1. The number of anilines is 1. The third-order valence-corrected chi connectivity index (χ3v) is 3.39. The Balaban J connectivity index is 1.99. The second-order valence-corrected chi connectivity index (χ2v) is 4.99. The number of hydrogen-bond acceptors (Lipinski definition) is 4. The molecule has 1 aromatic heterocycles. The van der Waals surface area contributed by atoms with Gasteiger partial charge in [-0.05, 0) is 43.9 Å². The molecular formula is C14H22N2O2. The van der Waals surface area contributed by atoms with E-state index in [1.54, 1.807) is 13.1 Å². The molecule has 1 N–H and O–H groups in total. The molecule has 0 spiro atoms. The molecule has 2 rings (SSSR count). The van der Waals surface area contributed by atoms with E-state index in [-0.39, 0.29) is 0 Å². The number of aromatic nitrogens is 1. The van der Waals surface area contributed by atoms with Crippen molar-refractivity contribution in [2.75, 3.05) is 25.1 Å².